The molecule has 0 aliphatic carbocycles. The fourth-order valence-electron chi connectivity index (χ4n) is 2.10. The summed E-state index contributed by atoms with van der Waals surface area (Å²) in [5.74, 6) is -0.877. The molecular weight excluding hydrogens is 216 g/mol. The molecule has 0 aromatic heterocycles. The van der Waals surface area contributed by atoms with Gasteiger partial charge in [0.1, 0.15) is 0 Å². The van der Waals surface area contributed by atoms with Crippen molar-refractivity contribution in [2.45, 2.75) is 26.2 Å². The standard InChI is InChI=1S/C13H18N2O2/c1-10-9-11(13(16)17)5-6-12(10)14-15-7-3-2-4-8-15/h5-6,9,14H,2-4,7-8H2,1H3,(H,16,17). The first-order valence-electron chi connectivity index (χ1n) is 6.02. The zero-order valence-electron chi connectivity index (χ0n) is 10.1. The summed E-state index contributed by atoms with van der Waals surface area (Å²) < 4.78 is 0. The van der Waals surface area contributed by atoms with Crippen molar-refractivity contribution < 1.29 is 9.90 Å². The van der Waals surface area contributed by atoms with E-state index in [0.29, 0.717) is 5.56 Å². The SMILES string of the molecule is Cc1cc(C(=O)O)ccc1NN1CCCCC1. The van der Waals surface area contributed by atoms with Gasteiger partial charge in [0.2, 0.25) is 0 Å². The molecule has 0 atom stereocenters. The van der Waals surface area contributed by atoms with Gasteiger partial charge in [-0.25, -0.2) is 9.80 Å². The maximum atomic E-state index is 10.8. The van der Waals surface area contributed by atoms with Crippen LogP contribution >= 0.6 is 0 Å². The largest absolute Gasteiger partial charge is 0.478 e. The Kier molecular flexibility index (Phi) is 3.64. The van der Waals surface area contributed by atoms with Gasteiger partial charge in [-0.05, 0) is 43.5 Å². The van der Waals surface area contributed by atoms with Gasteiger partial charge in [-0.15, -0.1) is 0 Å². The van der Waals surface area contributed by atoms with Gasteiger partial charge in [0, 0.05) is 13.1 Å². The Morgan fingerprint density at radius 2 is 2.00 bits per heavy atom. The van der Waals surface area contributed by atoms with Crippen LogP contribution in [0.3, 0.4) is 0 Å². The van der Waals surface area contributed by atoms with Gasteiger partial charge < -0.3 is 10.5 Å². The molecule has 0 amide bonds. The Bertz CT molecular complexity index is 412. The smallest absolute Gasteiger partial charge is 0.335 e. The fraction of sp³-hybridized carbons (Fsp3) is 0.462. The van der Waals surface area contributed by atoms with Crippen LogP contribution in [-0.4, -0.2) is 29.2 Å². The number of nitrogens with one attached hydrogen (secondary N) is 1. The van der Waals surface area contributed by atoms with Gasteiger partial charge in [-0.2, -0.15) is 0 Å². The molecule has 0 radical (unpaired) electrons. The first kappa shape index (κ1) is 11.9. The van der Waals surface area contributed by atoms with E-state index in [1.165, 1.54) is 19.3 Å². The van der Waals surface area contributed by atoms with Crippen molar-refractivity contribution in [2.24, 2.45) is 0 Å². The number of rotatable bonds is 3. The van der Waals surface area contributed by atoms with E-state index in [1.54, 1.807) is 12.1 Å². The molecule has 2 rings (SSSR count). The number of aromatic carboxylic acids is 1. The highest BCUT2D eigenvalue weighted by molar-refractivity contribution is 5.88. The number of aryl methyl sites for hydroxylation is 1. The number of anilines is 1. The normalized spacial score (nSPS) is 16.8. The molecule has 17 heavy (non-hydrogen) atoms. The highest BCUT2D eigenvalue weighted by Crippen LogP contribution is 2.19. The highest BCUT2D eigenvalue weighted by atomic mass is 16.4. The van der Waals surface area contributed by atoms with Crippen molar-refractivity contribution in [2.75, 3.05) is 18.5 Å². The lowest BCUT2D eigenvalue weighted by atomic mass is 10.1. The second-order valence-electron chi connectivity index (χ2n) is 4.49. The molecule has 1 aromatic carbocycles. The maximum absolute atomic E-state index is 10.8. The third-order valence-electron chi connectivity index (χ3n) is 3.11. The molecule has 0 spiro atoms. The molecule has 92 valence electrons. The molecule has 1 aliphatic heterocycles. The molecule has 1 aromatic rings. The minimum Gasteiger partial charge on any atom is -0.478 e. The lowest BCUT2D eigenvalue weighted by Gasteiger charge is -2.28. The van der Waals surface area contributed by atoms with Gasteiger partial charge in [0.25, 0.3) is 0 Å². The zero-order chi connectivity index (χ0) is 12.3. The summed E-state index contributed by atoms with van der Waals surface area (Å²) in [6, 6.07) is 5.18. The Labute approximate surface area is 101 Å². The molecule has 1 saturated heterocycles. The predicted octanol–water partition coefficient (Wildman–Crippen LogP) is 2.51. The number of hydrogen-bond donors (Lipinski definition) is 2. The number of carbonyl (C=O) groups is 1. The molecule has 1 fully saturated rings. The number of nitrogens with zero attached hydrogens (tertiary/aromatic N) is 1. The number of carboxylic acids is 1. The number of piperidine rings is 1. The summed E-state index contributed by atoms with van der Waals surface area (Å²) >= 11 is 0. The van der Waals surface area contributed by atoms with Gasteiger partial charge in [0.05, 0.1) is 11.3 Å². The van der Waals surface area contributed by atoms with E-state index >= 15 is 0 Å². The van der Waals surface area contributed by atoms with Crippen molar-refractivity contribution in [3.63, 3.8) is 0 Å². The van der Waals surface area contributed by atoms with Crippen LogP contribution in [0.2, 0.25) is 0 Å². The van der Waals surface area contributed by atoms with Crippen LogP contribution in [0.5, 0.6) is 0 Å². The monoisotopic (exact) mass is 234 g/mol. The third kappa shape index (κ3) is 2.97. The van der Waals surface area contributed by atoms with Crippen LogP contribution in [0.25, 0.3) is 0 Å². The average Bonchev–Trinajstić information content (AvgIpc) is 2.33. The summed E-state index contributed by atoms with van der Waals surface area (Å²) in [6.45, 7) is 4.04. The van der Waals surface area contributed by atoms with Crippen LogP contribution in [0.4, 0.5) is 5.69 Å². The summed E-state index contributed by atoms with van der Waals surface area (Å²) in [4.78, 5) is 10.8. The van der Waals surface area contributed by atoms with Crippen molar-refractivity contribution in [1.82, 2.24) is 5.01 Å². The van der Waals surface area contributed by atoms with E-state index in [1.807, 2.05) is 13.0 Å². The lowest BCUT2D eigenvalue weighted by Crippen LogP contribution is -2.35. The van der Waals surface area contributed by atoms with Crippen LogP contribution in [0, 0.1) is 6.92 Å². The molecule has 2 N–H and O–H groups in total. The second kappa shape index (κ2) is 5.19. The molecule has 4 heteroatoms. The predicted molar refractivity (Wildman–Crippen MR) is 67.2 cm³/mol. The van der Waals surface area contributed by atoms with Gasteiger partial charge in [-0.1, -0.05) is 6.42 Å². The van der Waals surface area contributed by atoms with E-state index in [0.717, 1.165) is 24.3 Å². The van der Waals surface area contributed by atoms with E-state index in [2.05, 4.69) is 10.4 Å². The summed E-state index contributed by atoms with van der Waals surface area (Å²) in [5.41, 5.74) is 5.66. The minimum atomic E-state index is -0.877. The molecule has 0 saturated carbocycles. The molecule has 4 nitrogen and oxygen atoms in total. The molecule has 1 heterocycles. The van der Waals surface area contributed by atoms with E-state index in [4.69, 9.17) is 5.11 Å². The summed E-state index contributed by atoms with van der Waals surface area (Å²) in [7, 11) is 0. The lowest BCUT2D eigenvalue weighted by molar-refractivity contribution is 0.0697. The molecular formula is C13H18N2O2. The van der Waals surface area contributed by atoms with Crippen molar-refractivity contribution >= 4 is 11.7 Å². The topological polar surface area (TPSA) is 52.6 Å². The van der Waals surface area contributed by atoms with Crippen LogP contribution in [0.15, 0.2) is 18.2 Å². The third-order valence-corrected chi connectivity index (χ3v) is 3.11. The molecule has 1 aliphatic rings. The summed E-state index contributed by atoms with van der Waals surface area (Å²) in [6.07, 6.45) is 3.74. The van der Waals surface area contributed by atoms with Gasteiger partial charge in [0.15, 0.2) is 0 Å². The number of carboxylic acid groups (broad SMARTS) is 1. The van der Waals surface area contributed by atoms with Gasteiger partial charge >= 0.3 is 5.97 Å². The van der Waals surface area contributed by atoms with Crippen molar-refractivity contribution in [3.05, 3.63) is 29.3 Å². The highest BCUT2D eigenvalue weighted by Gasteiger charge is 2.11. The van der Waals surface area contributed by atoms with E-state index < -0.39 is 5.97 Å². The van der Waals surface area contributed by atoms with E-state index in [9.17, 15) is 4.79 Å². The fourth-order valence-corrected chi connectivity index (χ4v) is 2.10. The quantitative estimate of drug-likeness (QED) is 0.843. The maximum Gasteiger partial charge on any atom is 0.335 e. The number of hydrazine groups is 1. The Morgan fingerprint density at radius 3 is 2.59 bits per heavy atom. The van der Waals surface area contributed by atoms with Crippen molar-refractivity contribution in [3.8, 4) is 0 Å². The second-order valence-corrected chi connectivity index (χ2v) is 4.49. The van der Waals surface area contributed by atoms with Crippen molar-refractivity contribution in [1.29, 1.82) is 0 Å². The first-order chi connectivity index (χ1) is 8.16. The first-order valence-corrected chi connectivity index (χ1v) is 6.02. The molecule has 0 bridgehead atoms. The Hall–Kier alpha value is -1.55. The summed E-state index contributed by atoms with van der Waals surface area (Å²) in [5, 5.41) is 11.1. The van der Waals surface area contributed by atoms with Crippen LogP contribution in [-0.2, 0) is 0 Å². The zero-order valence-corrected chi connectivity index (χ0v) is 10.1. The molecule has 0 unspecified atom stereocenters. The number of hydrogen-bond acceptors (Lipinski definition) is 3. The van der Waals surface area contributed by atoms with Crippen LogP contribution in [0.1, 0.15) is 35.2 Å². The van der Waals surface area contributed by atoms with E-state index in [-0.39, 0.29) is 0 Å². The minimum absolute atomic E-state index is 0.340. The van der Waals surface area contributed by atoms with Gasteiger partial charge in [-0.3, -0.25) is 0 Å². The Balaban J connectivity index is 2.08. The Morgan fingerprint density at radius 1 is 1.29 bits per heavy atom. The average molecular weight is 234 g/mol. The van der Waals surface area contributed by atoms with Crippen LogP contribution < -0.4 is 5.43 Å². The number of benzene rings is 1.